The van der Waals surface area contributed by atoms with Crippen LogP contribution in [0.25, 0.3) is 33.4 Å². The zero-order valence-electron chi connectivity index (χ0n) is 25.3. The summed E-state index contributed by atoms with van der Waals surface area (Å²) in [5.74, 6) is -0.470. The Morgan fingerprint density at radius 3 is 2.27 bits per heavy atom. The number of esters is 1. The van der Waals surface area contributed by atoms with Gasteiger partial charge >= 0.3 is 12.1 Å². The van der Waals surface area contributed by atoms with Crippen molar-refractivity contribution in [3.05, 3.63) is 94.6 Å². The molecule has 1 aliphatic heterocycles. The van der Waals surface area contributed by atoms with E-state index in [0.717, 1.165) is 11.1 Å². The first-order valence-corrected chi connectivity index (χ1v) is 14.6. The van der Waals surface area contributed by atoms with Crippen molar-refractivity contribution < 1.29 is 28.3 Å². The number of fused-ring (bicyclic) bond motifs is 1. The molecule has 1 saturated heterocycles. The van der Waals surface area contributed by atoms with Crippen LogP contribution >= 0.6 is 0 Å². The van der Waals surface area contributed by atoms with Crippen molar-refractivity contribution in [2.45, 2.75) is 57.7 Å². The highest BCUT2D eigenvalue weighted by molar-refractivity contribution is 5.92. The number of nitrogens with zero attached hydrogens (tertiary/aromatic N) is 1. The summed E-state index contributed by atoms with van der Waals surface area (Å²) in [6, 6.07) is 22.2. The van der Waals surface area contributed by atoms with Gasteiger partial charge in [0.15, 0.2) is 0 Å². The fourth-order valence-corrected chi connectivity index (χ4v) is 5.53. The van der Waals surface area contributed by atoms with Crippen LogP contribution in [0, 0.1) is 0 Å². The first-order chi connectivity index (χ1) is 21.1. The monoisotopic (exact) mass is 596 g/mol. The normalized spacial score (nSPS) is 15.5. The Labute approximate surface area is 255 Å². The first kappa shape index (κ1) is 30.5. The third-order valence-electron chi connectivity index (χ3n) is 7.49. The smallest absolute Gasteiger partial charge is 0.408 e. The predicted octanol–water partition coefficient (Wildman–Crippen LogP) is 5.73. The molecule has 9 heteroatoms. The molecule has 44 heavy (non-hydrogen) atoms. The maximum Gasteiger partial charge on any atom is 0.408 e. The molecule has 1 N–H and O–H groups in total. The molecule has 0 saturated carbocycles. The van der Waals surface area contributed by atoms with Gasteiger partial charge in [-0.25, -0.2) is 9.59 Å². The van der Waals surface area contributed by atoms with E-state index in [4.69, 9.17) is 13.9 Å². The zero-order valence-corrected chi connectivity index (χ0v) is 25.3. The van der Waals surface area contributed by atoms with Crippen LogP contribution in [0.4, 0.5) is 4.79 Å². The Bertz CT molecular complexity index is 1730. The van der Waals surface area contributed by atoms with Gasteiger partial charge in [0.1, 0.15) is 29.0 Å². The molecule has 2 atom stereocenters. The van der Waals surface area contributed by atoms with Gasteiger partial charge in [-0.05, 0) is 56.9 Å². The molecule has 1 aliphatic rings. The van der Waals surface area contributed by atoms with Gasteiger partial charge in [-0.2, -0.15) is 0 Å². The molecule has 1 fully saturated rings. The van der Waals surface area contributed by atoms with Crippen LogP contribution in [-0.4, -0.2) is 54.2 Å². The van der Waals surface area contributed by atoms with Gasteiger partial charge < -0.3 is 24.1 Å². The molecule has 0 radical (unpaired) electrons. The summed E-state index contributed by atoms with van der Waals surface area (Å²) in [6.45, 7) is 5.55. The van der Waals surface area contributed by atoms with Crippen LogP contribution in [0.15, 0.2) is 88.1 Å². The number of ether oxygens (including phenoxy) is 2. The summed E-state index contributed by atoms with van der Waals surface area (Å²) in [5, 5.41) is 3.05. The lowest BCUT2D eigenvalue weighted by molar-refractivity contribution is -0.151. The van der Waals surface area contributed by atoms with E-state index in [9.17, 15) is 19.2 Å². The second-order valence-corrected chi connectivity index (χ2v) is 11.8. The maximum absolute atomic E-state index is 14.1. The molecule has 1 aromatic heterocycles. The average molecular weight is 597 g/mol. The van der Waals surface area contributed by atoms with E-state index in [-0.39, 0.29) is 11.8 Å². The highest BCUT2D eigenvalue weighted by Gasteiger charge is 2.39. The molecular weight excluding hydrogens is 560 g/mol. The van der Waals surface area contributed by atoms with Gasteiger partial charge in [-0.15, -0.1) is 0 Å². The Balaban J connectivity index is 1.55. The Kier molecular flexibility index (Phi) is 8.85. The molecule has 0 unspecified atom stereocenters. The Morgan fingerprint density at radius 2 is 1.64 bits per heavy atom. The summed E-state index contributed by atoms with van der Waals surface area (Å²) < 4.78 is 16.7. The largest absolute Gasteiger partial charge is 0.467 e. The number of amides is 2. The lowest BCUT2D eigenvalue weighted by Gasteiger charge is -2.29. The molecule has 4 aromatic rings. The number of rotatable bonds is 7. The molecular formula is C35H36N2O7. The van der Waals surface area contributed by atoms with E-state index in [1.165, 1.54) is 12.0 Å². The van der Waals surface area contributed by atoms with Crippen molar-refractivity contribution in [1.29, 1.82) is 0 Å². The van der Waals surface area contributed by atoms with Gasteiger partial charge in [-0.3, -0.25) is 9.59 Å². The molecule has 0 spiro atoms. The first-order valence-electron chi connectivity index (χ1n) is 14.6. The molecule has 5 rings (SSSR count). The maximum atomic E-state index is 14.1. The SMILES string of the molecule is COC(=O)[C@@H]1CCCN1C(=O)[C@H](Cc1ccc2oc(-c3ccccc3)c(-c3ccccc3)c(=O)c2c1)NC(=O)OC(C)(C)C. The third-order valence-corrected chi connectivity index (χ3v) is 7.49. The summed E-state index contributed by atoms with van der Waals surface area (Å²) in [4.78, 5) is 54.6. The van der Waals surface area contributed by atoms with Crippen molar-refractivity contribution in [1.82, 2.24) is 10.2 Å². The van der Waals surface area contributed by atoms with Crippen LogP contribution in [0.3, 0.4) is 0 Å². The Hall–Kier alpha value is -4.92. The second-order valence-electron chi connectivity index (χ2n) is 11.8. The lowest BCUT2D eigenvalue weighted by Crippen LogP contribution is -2.53. The minimum atomic E-state index is -1.06. The average Bonchev–Trinajstić information content (AvgIpc) is 3.50. The number of alkyl carbamates (subject to hydrolysis) is 1. The molecule has 9 nitrogen and oxygen atoms in total. The number of carbonyl (C=O) groups excluding carboxylic acids is 3. The summed E-state index contributed by atoms with van der Waals surface area (Å²) in [5.41, 5.74) is 1.93. The second kappa shape index (κ2) is 12.8. The number of benzene rings is 3. The minimum absolute atomic E-state index is 0.0545. The van der Waals surface area contributed by atoms with Crippen molar-refractivity contribution in [2.75, 3.05) is 13.7 Å². The third kappa shape index (κ3) is 6.67. The molecule has 0 bridgehead atoms. The lowest BCUT2D eigenvalue weighted by atomic mass is 9.97. The zero-order chi connectivity index (χ0) is 31.4. The molecule has 3 aromatic carbocycles. The minimum Gasteiger partial charge on any atom is -0.467 e. The van der Waals surface area contributed by atoms with Crippen molar-refractivity contribution in [2.24, 2.45) is 0 Å². The number of nitrogens with one attached hydrogen (secondary N) is 1. The molecule has 228 valence electrons. The van der Waals surface area contributed by atoms with Crippen LogP contribution in [0.5, 0.6) is 0 Å². The highest BCUT2D eigenvalue weighted by atomic mass is 16.6. The quantitative estimate of drug-likeness (QED) is 0.271. The standard InChI is InChI=1S/C35H36N2O7/c1-35(2,3)44-34(41)36-26(32(39)37-19-11-16-27(37)33(40)42-4)21-22-17-18-28-25(20-22)30(38)29(23-12-7-5-8-13-23)31(43-28)24-14-9-6-10-15-24/h5-10,12-15,17-18,20,26-27H,11,16,19,21H2,1-4H3,(H,36,41)/t26-,27-/m0/s1. The van der Waals surface area contributed by atoms with Gasteiger partial charge in [0.05, 0.1) is 18.1 Å². The summed E-state index contributed by atoms with van der Waals surface area (Å²) >= 11 is 0. The fraction of sp³-hybridized carbons (Fsp3) is 0.314. The van der Waals surface area contributed by atoms with Crippen molar-refractivity contribution in [3.63, 3.8) is 0 Å². The van der Waals surface area contributed by atoms with Gasteiger partial charge in [0.2, 0.25) is 11.3 Å². The number of likely N-dealkylation sites (tertiary alicyclic amines) is 1. The Morgan fingerprint density at radius 1 is 0.977 bits per heavy atom. The number of hydrogen-bond acceptors (Lipinski definition) is 7. The van der Waals surface area contributed by atoms with Crippen LogP contribution in [-0.2, 0) is 25.5 Å². The van der Waals surface area contributed by atoms with Gasteiger partial charge in [0.25, 0.3) is 0 Å². The number of methoxy groups -OCH3 is 1. The van der Waals surface area contributed by atoms with Gasteiger partial charge in [-0.1, -0.05) is 66.7 Å². The highest BCUT2D eigenvalue weighted by Crippen LogP contribution is 2.33. The van der Waals surface area contributed by atoms with E-state index in [1.807, 2.05) is 60.7 Å². The van der Waals surface area contributed by atoms with E-state index in [1.54, 1.807) is 39.0 Å². The van der Waals surface area contributed by atoms with Crippen molar-refractivity contribution >= 4 is 28.9 Å². The number of carbonyl (C=O) groups is 3. The van der Waals surface area contributed by atoms with Crippen LogP contribution in [0.2, 0.25) is 0 Å². The van der Waals surface area contributed by atoms with E-state index in [2.05, 4.69) is 5.32 Å². The fourth-order valence-electron chi connectivity index (χ4n) is 5.53. The summed E-state index contributed by atoms with van der Waals surface area (Å²) in [6.07, 6.45) is 0.400. The molecule has 0 aliphatic carbocycles. The van der Waals surface area contributed by atoms with Crippen LogP contribution < -0.4 is 10.7 Å². The van der Waals surface area contributed by atoms with E-state index in [0.29, 0.717) is 47.2 Å². The van der Waals surface area contributed by atoms with Gasteiger partial charge in [0, 0.05) is 18.5 Å². The predicted molar refractivity (Wildman–Crippen MR) is 167 cm³/mol. The summed E-state index contributed by atoms with van der Waals surface area (Å²) in [7, 11) is 1.29. The topological polar surface area (TPSA) is 115 Å². The molecule has 2 amide bonds. The van der Waals surface area contributed by atoms with Crippen molar-refractivity contribution in [3.8, 4) is 22.5 Å². The van der Waals surface area contributed by atoms with Crippen LogP contribution in [0.1, 0.15) is 39.2 Å². The number of hydrogen-bond donors (Lipinski definition) is 1. The van der Waals surface area contributed by atoms with E-state index >= 15 is 0 Å². The molecule has 2 heterocycles. The van der Waals surface area contributed by atoms with E-state index < -0.39 is 35.7 Å².